The molecule has 1 N–H and O–H groups in total. The van der Waals surface area contributed by atoms with Gasteiger partial charge in [0.15, 0.2) is 0 Å². The smallest absolute Gasteiger partial charge is 0.419 e. The maximum atomic E-state index is 13.1. The van der Waals surface area contributed by atoms with Crippen LogP contribution in [0.5, 0.6) is 11.5 Å². The van der Waals surface area contributed by atoms with E-state index in [4.69, 9.17) is 9.47 Å². The van der Waals surface area contributed by atoms with Crippen molar-refractivity contribution in [2.75, 3.05) is 13.2 Å². The van der Waals surface area contributed by atoms with Gasteiger partial charge in [-0.15, -0.1) is 0 Å². The fourth-order valence-corrected chi connectivity index (χ4v) is 2.88. The first-order chi connectivity index (χ1) is 15.7. The van der Waals surface area contributed by atoms with Gasteiger partial charge >= 0.3 is 6.18 Å². The number of carbonyl (C=O) groups is 1. The SMILES string of the molecule is CC(COc1ccccc1C(F)(F)F)NC(=O)c1ccc(=O)n(CCOc2ccccc2)n1. The fourth-order valence-electron chi connectivity index (χ4n) is 2.88. The Balaban J connectivity index is 1.56. The summed E-state index contributed by atoms with van der Waals surface area (Å²) in [5.74, 6) is -0.274. The number of hydrogen-bond acceptors (Lipinski definition) is 5. The first-order valence-electron chi connectivity index (χ1n) is 10.1. The lowest BCUT2D eigenvalue weighted by molar-refractivity contribution is -0.139. The van der Waals surface area contributed by atoms with Gasteiger partial charge in [0.25, 0.3) is 11.5 Å². The standard InChI is InChI=1S/C23H22F3N3O4/c1-16(15-33-20-10-6-5-9-18(20)23(24,25)26)27-22(31)19-11-12-21(30)29(28-19)13-14-32-17-7-3-2-4-8-17/h2-12,16H,13-15H2,1H3,(H,27,31). The molecule has 174 valence electrons. The minimum Gasteiger partial charge on any atom is -0.492 e. The summed E-state index contributed by atoms with van der Waals surface area (Å²) in [4.78, 5) is 24.5. The molecule has 0 spiro atoms. The van der Waals surface area contributed by atoms with E-state index in [9.17, 15) is 22.8 Å². The van der Waals surface area contributed by atoms with Crippen molar-refractivity contribution in [1.82, 2.24) is 15.1 Å². The number of nitrogens with one attached hydrogen (secondary N) is 1. The average molecular weight is 461 g/mol. The number of benzene rings is 2. The van der Waals surface area contributed by atoms with Crippen LogP contribution in [0.15, 0.2) is 71.5 Å². The van der Waals surface area contributed by atoms with Crippen molar-refractivity contribution in [3.05, 3.63) is 88.3 Å². The number of alkyl halides is 3. The van der Waals surface area contributed by atoms with Gasteiger partial charge in [-0.05, 0) is 37.3 Å². The molecule has 0 aliphatic carbocycles. The molecule has 33 heavy (non-hydrogen) atoms. The van der Waals surface area contributed by atoms with E-state index in [1.807, 2.05) is 18.2 Å². The molecular weight excluding hydrogens is 439 g/mol. The van der Waals surface area contributed by atoms with Crippen LogP contribution < -0.4 is 20.3 Å². The first-order valence-corrected chi connectivity index (χ1v) is 10.1. The third-order valence-corrected chi connectivity index (χ3v) is 4.47. The molecule has 2 aromatic carbocycles. The van der Waals surface area contributed by atoms with Gasteiger partial charge in [-0.25, -0.2) is 4.68 Å². The van der Waals surface area contributed by atoms with Crippen molar-refractivity contribution in [3.63, 3.8) is 0 Å². The molecule has 0 saturated heterocycles. The summed E-state index contributed by atoms with van der Waals surface area (Å²) >= 11 is 0. The summed E-state index contributed by atoms with van der Waals surface area (Å²) < 4.78 is 51.1. The topological polar surface area (TPSA) is 82.5 Å². The molecule has 0 bridgehead atoms. The third-order valence-electron chi connectivity index (χ3n) is 4.47. The van der Waals surface area contributed by atoms with Gasteiger partial charge in [-0.3, -0.25) is 9.59 Å². The predicted octanol–water partition coefficient (Wildman–Crippen LogP) is 3.54. The van der Waals surface area contributed by atoms with Crippen molar-refractivity contribution >= 4 is 5.91 Å². The molecule has 7 nitrogen and oxygen atoms in total. The Morgan fingerprint density at radius 3 is 2.45 bits per heavy atom. The Kier molecular flexibility index (Phi) is 7.70. The van der Waals surface area contributed by atoms with E-state index in [-0.39, 0.29) is 31.2 Å². The highest BCUT2D eigenvalue weighted by Gasteiger charge is 2.34. The van der Waals surface area contributed by atoms with Crippen molar-refractivity contribution in [3.8, 4) is 11.5 Å². The number of amides is 1. The number of hydrogen-bond donors (Lipinski definition) is 1. The van der Waals surface area contributed by atoms with Crippen LogP contribution in [0.1, 0.15) is 23.0 Å². The number of para-hydroxylation sites is 2. The molecule has 1 unspecified atom stereocenters. The van der Waals surface area contributed by atoms with E-state index in [2.05, 4.69) is 10.4 Å². The summed E-state index contributed by atoms with van der Waals surface area (Å²) in [6.07, 6.45) is -4.55. The predicted molar refractivity (Wildman–Crippen MR) is 114 cm³/mol. The number of halogens is 3. The molecule has 0 saturated carbocycles. The highest BCUT2D eigenvalue weighted by molar-refractivity contribution is 5.92. The Hall–Kier alpha value is -3.82. The monoisotopic (exact) mass is 461 g/mol. The number of nitrogens with zero attached hydrogens (tertiary/aromatic N) is 2. The second kappa shape index (κ2) is 10.7. The van der Waals surface area contributed by atoms with Gasteiger partial charge < -0.3 is 14.8 Å². The number of aromatic nitrogens is 2. The Morgan fingerprint density at radius 2 is 1.73 bits per heavy atom. The molecule has 0 fully saturated rings. The van der Waals surface area contributed by atoms with E-state index in [1.165, 1.54) is 30.3 Å². The van der Waals surface area contributed by atoms with E-state index < -0.39 is 29.2 Å². The fraction of sp³-hybridized carbons (Fsp3) is 0.261. The number of carbonyl (C=O) groups excluding carboxylic acids is 1. The summed E-state index contributed by atoms with van der Waals surface area (Å²) in [6, 6.07) is 15.7. The maximum absolute atomic E-state index is 13.1. The molecule has 1 heterocycles. The van der Waals surface area contributed by atoms with E-state index in [0.717, 1.165) is 10.7 Å². The van der Waals surface area contributed by atoms with Crippen LogP contribution >= 0.6 is 0 Å². The second-order valence-electron chi connectivity index (χ2n) is 7.12. The average Bonchev–Trinajstić information content (AvgIpc) is 2.79. The summed E-state index contributed by atoms with van der Waals surface area (Å²) in [7, 11) is 0. The molecule has 1 atom stereocenters. The summed E-state index contributed by atoms with van der Waals surface area (Å²) in [6.45, 7) is 1.69. The Bertz CT molecular complexity index is 1130. The third kappa shape index (κ3) is 6.83. The van der Waals surface area contributed by atoms with Gasteiger partial charge in [-0.2, -0.15) is 18.3 Å². The molecule has 0 aliphatic heterocycles. The molecule has 10 heteroatoms. The van der Waals surface area contributed by atoms with Gasteiger partial charge in [-0.1, -0.05) is 30.3 Å². The molecule has 1 aromatic heterocycles. The Labute approximate surface area is 187 Å². The van der Waals surface area contributed by atoms with Crippen LogP contribution in [0.2, 0.25) is 0 Å². The van der Waals surface area contributed by atoms with E-state index >= 15 is 0 Å². The summed E-state index contributed by atoms with van der Waals surface area (Å²) in [5.41, 5.74) is -1.31. The zero-order chi connectivity index (χ0) is 23.8. The molecule has 1 amide bonds. The van der Waals surface area contributed by atoms with Crippen LogP contribution in [0.3, 0.4) is 0 Å². The lowest BCUT2D eigenvalue weighted by atomic mass is 10.2. The van der Waals surface area contributed by atoms with Gasteiger partial charge in [0, 0.05) is 6.07 Å². The van der Waals surface area contributed by atoms with Gasteiger partial charge in [0.1, 0.15) is 30.4 Å². The minimum atomic E-state index is -4.55. The number of rotatable bonds is 9. The number of ether oxygens (including phenoxy) is 2. The lowest BCUT2D eigenvalue weighted by Gasteiger charge is -2.18. The molecule has 3 aromatic rings. The van der Waals surface area contributed by atoms with Crippen molar-refractivity contribution in [2.24, 2.45) is 0 Å². The van der Waals surface area contributed by atoms with E-state index in [1.54, 1.807) is 19.1 Å². The second-order valence-corrected chi connectivity index (χ2v) is 7.12. The highest BCUT2D eigenvalue weighted by Crippen LogP contribution is 2.35. The quantitative estimate of drug-likeness (QED) is 0.527. The first kappa shape index (κ1) is 23.8. The minimum absolute atomic E-state index is 0.0168. The maximum Gasteiger partial charge on any atom is 0.419 e. The largest absolute Gasteiger partial charge is 0.492 e. The molecule has 0 aliphatic rings. The van der Waals surface area contributed by atoms with Crippen LogP contribution in [0.25, 0.3) is 0 Å². The van der Waals surface area contributed by atoms with Crippen molar-refractivity contribution in [1.29, 1.82) is 0 Å². The van der Waals surface area contributed by atoms with E-state index in [0.29, 0.717) is 5.75 Å². The van der Waals surface area contributed by atoms with Crippen molar-refractivity contribution < 1.29 is 27.4 Å². The normalized spacial score (nSPS) is 12.1. The zero-order valence-corrected chi connectivity index (χ0v) is 17.7. The summed E-state index contributed by atoms with van der Waals surface area (Å²) in [5, 5.41) is 6.64. The van der Waals surface area contributed by atoms with Crippen LogP contribution in [-0.2, 0) is 12.7 Å². The van der Waals surface area contributed by atoms with Gasteiger partial charge in [0.05, 0.1) is 18.2 Å². The molecule has 3 rings (SSSR count). The molecular formula is C23H22F3N3O4. The van der Waals surface area contributed by atoms with Crippen LogP contribution in [0, 0.1) is 0 Å². The van der Waals surface area contributed by atoms with Crippen LogP contribution in [0.4, 0.5) is 13.2 Å². The molecule has 0 radical (unpaired) electrons. The van der Waals surface area contributed by atoms with Gasteiger partial charge in [0.2, 0.25) is 0 Å². The lowest BCUT2D eigenvalue weighted by Crippen LogP contribution is -2.38. The van der Waals surface area contributed by atoms with Crippen LogP contribution in [-0.4, -0.2) is 34.9 Å². The highest BCUT2D eigenvalue weighted by atomic mass is 19.4. The van der Waals surface area contributed by atoms with Crippen molar-refractivity contribution in [2.45, 2.75) is 25.7 Å². The Morgan fingerprint density at radius 1 is 1.03 bits per heavy atom. The zero-order valence-electron chi connectivity index (χ0n) is 17.7.